The SMILES string of the molecule is CC1CCCN(C(N)=NCC2(N3CCOCC3)CC2)C1. The lowest BCUT2D eigenvalue weighted by atomic mass is 10.0. The van der Waals surface area contributed by atoms with E-state index in [1.165, 1.54) is 25.7 Å². The Kier molecular flexibility index (Phi) is 4.17. The molecule has 3 rings (SSSR count). The van der Waals surface area contributed by atoms with Gasteiger partial charge < -0.3 is 15.4 Å². The standard InChI is InChI=1S/C15H28N4O/c1-13-3-2-6-18(11-13)14(16)17-12-15(4-5-15)19-7-9-20-10-8-19/h13H,2-12H2,1H3,(H2,16,17). The summed E-state index contributed by atoms with van der Waals surface area (Å²) in [6.45, 7) is 9.14. The Bertz CT molecular complexity index is 361. The number of hydrogen-bond acceptors (Lipinski definition) is 3. The first kappa shape index (κ1) is 14.1. The zero-order valence-electron chi connectivity index (χ0n) is 12.7. The van der Waals surface area contributed by atoms with E-state index in [9.17, 15) is 0 Å². The Morgan fingerprint density at radius 2 is 2.05 bits per heavy atom. The maximum Gasteiger partial charge on any atom is 0.191 e. The van der Waals surface area contributed by atoms with Crippen molar-refractivity contribution < 1.29 is 4.74 Å². The summed E-state index contributed by atoms with van der Waals surface area (Å²) in [4.78, 5) is 9.56. The summed E-state index contributed by atoms with van der Waals surface area (Å²) in [6, 6.07) is 0. The molecule has 2 N–H and O–H groups in total. The van der Waals surface area contributed by atoms with Gasteiger partial charge >= 0.3 is 0 Å². The molecule has 1 aliphatic carbocycles. The molecule has 0 spiro atoms. The molecule has 0 amide bonds. The van der Waals surface area contributed by atoms with Crippen molar-refractivity contribution in [1.29, 1.82) is 0 Å². The van der Waals surface area contributed by atoms with Gasteiger partial charge in [-0.2, -0.15) is 0 Å². The molecule has 20 heavy (non-hydrogen) atoms. The van der Waals surface area contributed by atoms with E-state index in [1.54, 1.807) is 0 Å². The van der Waals surface area contributed by atoms with Crippen molar-refractivity contribution in [3.05, 3.63) is 0 Å². The second-order valence-electron chi connectivity index (χ2n) is 6.69. The minimum atomic E-state index is 0.301. The first-order chi connectivity index (χ1) is 9.70. The van der Waals surface area contributed by atoms with E-state index in [2.05, 4.69) is 16.7 Å². The normalized spacial score (nSPS) is 31.4. The molecule has 0 bridgehead atoms. The van der Waals surface area contributed by atoms with Gasteiger partial charge in [-0.1, -0.05) is 6.92 Å². The van der Waals surface area contributed by atoms with E-state index in [0.29, 0.717) is 5.54 Å². The largest absolute Gasteiger partial charge is 0.379 e. The fourth-order valence-electron chi connectivity index (χ4n) is 3.48. The van der Waals surface area contributed by atoms with Crippen LogP contribution in [0.25, 0.3) is 0 Å². The lowest BCUT2D eigenvalue weighted by Gasteiger charge is -2.35. The number of ether oxygens (including phenoxy) is 1. The molecule has 1 atom stereocenters. The van der Waals surface area contributed by atoms with Gasteiger partial charge in [0.15, 0.2) is 5.96 Å². The van der Waals surface area contributed by atoms with Crippen LogP contribution in [-0.4, -0.2) is 67.2 Å². The highest BCUT2D eigenvalue weighted by Gasteiger charge is 2.48. The van der Waals surface area contributed by atoms with Crippen LogP contribution in [0.1, 0.15) is 32.6 Å². The van der Waals surface area contributed by atoms with Gasteiger partial charge in [-0.05, 0) is 31.6 Å². The Hall–Kier alpha value is -0.810. The summed E-state index contributed by atoms with van der Waals surface area (Å²) in [5, 5.41) is 0. The third-order valence-electron chi connectivity index (χ3n) is 5.03. The predicted octanol–water partition coefficient (Wildman–Crippen LogP) is 0.898. The lowest BCUT2D eigenvalue weighted by molar-refractivity contribution is 0.0116. The van der Waals surface area contributed by atoms with Gasteiger partial charge in [0.05, 0.1) is 19.8 Å². The number of guanidine groups is 1. The van der Waals surface area contributed by atoms with Gasteiger partial charge in [-0.25, -0.2) is 0 Å². The summed E-state index contributed by atoms with van der Waals surface area (Å²) in [7, 11) is 0. The minimum Gasteiger partial charge on any atom is -0.379 e. The molecule has 0 aromatic rings. The van der Waals surface area contributed by atoms with Crippen LogP contribution < -0.4 is 5.73 Å². The minimum absolute atomic E-state index is 0.301. The molecule has 3 aliphatic rings. The molecule has 1 saturated carbocycles. The second kappa shape index (κ2) is 5.90. The number of likely N-dealkylation sites (tertiary alicyclic amines) is 1. The maximum atomic E-state index is 6.21. The van der Waals surface area contributed by atoms with Gasteiger partial charge in [0.1, 0.15) is 0 Å². The molecular weight excluding hydrogens is 252 g/mol. The molecular formula is C15H28N4O. The Morgan fingerprint density at radius 1 is 1.30 bits per heavy atom. The Labute approximate surface area is 122 Å². The van der Waals surface area contributed by atoms with Crippen molar-refractivity contribution in [2.45, 2.75) is 38.1 Å². The topological polar surface area (TPSA) is 54.1 Å². The van der Waals surface area contributed by atoms with Crippen molar-refractivity contribution in [1.82, 2.24) is 9.80 Å². The fraction of sp³-hybridized carbons (Fsp3) is 0.933. The molecule has 3 fully saturated rings. The van der Waals surface area contributed by atoms with Crippen molar-refractivity contribution in [2.24, 2.45) is 16.6 Å². The van der Waals surface area contributed by atoms with E-state index in [4.69, 9.17) is 15.5 Å². The first-order valence-corrected chi connectivity index (χ1v) is 8.07. The smallest absolute Gasteiger partial charge is 0.191 e. The average molecular weight is 280 g/mol. The van der Waals surface area contributed by atoms with Gasteiger partial charge in [0.25, 0.3) is 0 Å². The molecule has 0 aromatic carbocycles. The van der Waals surface area contributed by atoms with E-state index >= 15 is 0 Å². The van der Waals surface area contributed by atoms with Crippen LogP contribution in [0.3, 0.4) is 0 Å². The Morgan fingerprint density at radius 3 is 2.70 bits per heavy atom. The molecule has 0 aromatic heterocycles. The first-order valence-electron chi connectivity index (χ1n) is 8.07. The predicted molar refractivity (Wildman–Crippen MR) is 80.8 cm³/mol. The summed E-state index contributed by atoms with van der Waals surface area (Å²) in [5.74, 6) is 1.50. The molecule has 114 valence electrons. The molecule has 1 unspecified atom stereocenters. The highest BCUT2D eigenvalue weighted by atomic mass is 16.5. The van der Waals surface area contributed by atoms with Gasteiger partial charge in [-0.15, -0.1) is 0 Å². The number of rotatable bonds is 3. The van der Waals surface area contributed by atoms with Crippen molar-refractivity contribution in [3.8, 4) is 0 Å². The maximum absolute atomic E-state index is 6.21. The van der Waals surface area contributed by atoms with Gasteiger partial charge in [-0.3, -0.25) is 9.89 Å². The summed E-state index contributed by atoms with van der Waals surface area (Å²) in [5.41, 5.74) is 6.51. The third kappa shape index (κ3) is 3.09. The Balaban J connectivity index is 1.55. The number of morpholine rings is 1. The van der Waals surface area contributed by atoms with Gasteiger partial charge in [0, 0.05) is 31.7 Å². The number of piperidine rings is 1. The van der Waals surface area contributed by atoms with E-state index in [1.807, 2.05) is 0 Å². The zero-order valence-corrected chi connectivity index (χ0v) is 12.7. The third-order valence-corrected chi connectivity index (χ3v) is 5.03. The number of aliphatic imine (C=N–C) groups is 1. The highest BCUT2D eigenvalue weighted by Crippen LogP contribution is 2.42. The monoisotopic (exact) mass is 280 g/mol. The van der Waals surface area contributed by atoms with Crippen molar-refractivity contribution >= 4 is 5.96 Å². The van der Waals surface area contributed by atoms with Crippen molar-refractivity contribution in [3.63, 3.8) is 0 Å². The van der Waals surface area contributed by atoms with Crippen LogP contribution in [0.5, 0.6) is 0 Å². The van der Waals surface area contributed by atoms with E-state index < -0.39 is 0 Å². The van der Waals surface area contributed by atoms with E-state index in [-0.39, 0.29) is 0 Å². The van der Waals surface area contributed by atoms with Gasteiger partial charge in [0.2, 0.25) is 0 Å². The molecule has 5 heteroatoms. The average Bonchev–Trinajstić information content (AvgIpc) is 3.27. The van der Waals surface area contributed by atoms with Crippen molar-refractivity contribution in [2.75, 3.05) is 45.9 Å². The van der Waals surface area contributed by atoms with Crippen LogP contribution in [0.4, 0.5) is 0 Å². The highest BCUT2D eigenvalue weighted by molar-refractivity contribution is 5.78. The van der Waals surface area contributed by atoms with Crippen LogP contribution in [0.15, 0.2) is 4.99 Å². The molecule has 2 heterocycles. The summed E-state index contributed by atoms with van der Waals surface area (Å²) >= 11 is 0. The van der Waals surface area contributed by atoms with Crippen LogP contribution >= 0.6 is 0 Å². The lowest BCUT2D eigenvalue weighted by Crippen LogP contribution is -2.48. The summed E-state index contributed by atoms with van der Waals surface area (Å²) in [6.07, 6.45) is 5.09. The fourth-order valence-corrected chi connectivity index (χ4v) is 3.48. The molecule has 2 saturated heterocycles. The quantitative estimate of drug-likeness (QED) is 0.616. The number of nitrogens with zero attached hydrogens (tertiary/aromatic N) is 3. The van der Waals surface area contributed by atoms with Crippen LogP contribution in [0.2, 0.25) is 0 Å². The van der Waals surface area contributed by atoms with Crippen LogP contribution in [0, 0.1) is 5.92 Å². The zero-order chi connectivity index (χ0) is 14.0. The summed E-state index contributed by atoms with van der Waals surface area (Å²) < 4.78 is 5.44. The number of hydrogen-bond donors (Lipinski definition) is 1. The molecule has 0 radical (unpaired) electrons. The number of nitrogens with two attached hydrogens (primary N) is 1. The van der Waals surface area contributed by atoms with E-state index in [0.717, 1.165) is 57.8 Å². The van der Waals surface area contributed by atoms with Crippen LogP contribution in [-0.2, 0) is 4.74 Å². The molecule has 2 aliphatic heterocycles. The molecule has 5 nitrogen and oxygen atoms in total. The second-order valence-corrected chi connectivity index (χ2v) is 6.69.